The van der Waals surface area contributed by atoms with Crippen LogP contribution in [0.3, 0.4) is 0 Å². The highest BCUT2D eigenvalue weighted by molar-refractivity contribution is 5.55. The molecule has 0 radical (unpaired) electrons. The van der Waals surface area contributed by atoms with Gasteiger partial charge in [0.05, 0.1) is 30.3 Å². The van der Waals surface area contributed by atoms with E-state index < -0.39 is 5.66 Å². The second-order valence-corrected chi connectivity index (χ2v) is 7.51. The van der Waals surface area contributed by atoms with Gasteiger partial charge in [-0.15, -0.1) is 0 Å². The van der Waals surface area contributed by atoms with Crippen LogP contribution >= 0.6 is 0 Å². The topological polar surface area (TPSA) is 89.5 Å². The Hall–Kier alpha value is -2.66. The summed E-state index contributed by atoms with van der Waals surface area (Å²) in [6, 6.07) is 1.74. The van der Waals surface area contributed by atoms with Gasteiger partial charge in [-0.1, -0.05) is 0 Å². The first-order chi connectivity index (χ1) is 12.9. The summed E-state index contributed by atoms with van der Waals surface area (Å²) in [4.78, 5) is 12.2. The third kappa shape index (κ3) is 4.74. The standard InChI is InChI=1S/C19H26N6O2/c1-13-16(11-25(24-13)19(2,3)20-4)22-18-21-10-9-17(23-18)27-12-14-5-7-15(26)8-6-14/h9-11,14-15,26H,5-8,12H2,1-3H3,(H,21,22,23). The Labute approximate surface area is 159 Å². The first kappa shape index (κ1) is 19.1. The highest BCUT2D eigenvalue weighted by Gasteiger charge is 2.27. The minimum atomic E-state index is -0.746. The number of hydrogen-bond donors (Lipinski definition) is 2. The van der Waals surface area contributed by atoms with Crippen LogP contribution < -0.4 is 10.1 Å². The molecule has 8 nitrogen and oxygen atoms in total. The van der Waals surface area contributed by atoms with Gasteiger partial charge in [-0.3, -0.25) is 4.85 Å². The highest BCUT2D eigenvalue weighted by atomic mass is 16.5. The van der Waals surface area contributed by atoms with Gasteiger partial charge in [0.2, 0.25) is 11.8 Å². The fourth-order valence-corrected chi connectivity index (χ4v) is 3.03. The van der Waals surface area contributed by atoms with Crippen LogP contribution in [0.5, 0.6) is 5.88 Å². The quantitative estimate of drug-likeness (QED) is 0.759. The molecule has 1 fully saturated rings. The van der Waals surface area contributed by atoms with Crippen LogP contribution in [0.2, 0.25) is 0 Å². The molecule has 144 valence electrons. The number of aryl methyl sites for hydroxylation is 1. The Bertz CT molecular complexity index is 818. The molecule has 27 heavy (non-hydrogen) atoms. The predicted molar refractivity (Wildman–Crippen MR) is 102 cm³/mol. The second-order valence-electron chi connectivity index (χ2n) is 7.51. The van der Waals surface area contributed by atoms with E-state index in [9.17, 15) is 5.11 Å². The fraction of sp³-hybridized carbons (Fsp3) is 0.579. The molecule has 0 spiro atoms. The van der Waals surface area contributed by atoms with E-state index in [-0.39, 0.29) is 6.10 Å². The summed E-state index contributed by atoms with van der Waals surface area (Å²) in [6.45, 7) is 13.4. The highest BCUT2D eigenvalue weighted by Crippen LogP contribution is 2.26. The van der Waals surface area contributed by atoms with Gasteiger partial charge >= 0.3 is 5.66 Å². The summed E-state index contributed by atoms with van der Waals surface area (Å²) in [5.41, 5.74) is 0.775. The smallest absolute Gasteiger partial charge is 0.319 e. The van der Waals surface area contributed by atoms with Crippen molar-refractivity contribution in [3.8, 4) is 5.88 Å². The normalized spacial score (nSPS) is 20.1. The molecular weight excluding hydrogens is 344 g/mol. The van der Waals surface area contributed by atoms with E-state index in [2.05, 4.69) is 25.2 Å². The Morgan fingerprint density at radius 3 is 2.81 bits per heavy atom. The van der Waals surface area contributed by atoms with Gasteiger partial charge < -0.3 is 15.2 Å². The minimum Gasteiger partial charge on any atom is -0.477 e. The van der Waals surface area contributed by atoms with E-state index in [1.54, 1.807) is 23.1 Å². The third-order valence-corrected chi connectivity index (χ3v) is 4.89. The minimum absolute atomic E-state index is 0.159. The van der Waals surface area contributed by atoms with Crippen molar-refractivity contribution in [2.45, 2.75) is 58.2 Å². The fourth-order valence-electron chi connectivity index (χ4n) is 3.03. The number of ether oxygens (including phenoxy) is 1. The Morgan fingerprint density at radius 2 is 2.11 bits per heavy atom. The molecule has 0 atom stereocenters. The van der Waals surface area contributed by atoms with Crippen molar-refractivity contribution in [1.29, 1.82) is 0 Å². The van der Waals surface area contributed by atoms with Crippen LogP contribution in [0, 0.1) is 19.4 Å². The van der Waals surface area contributed by atoms with Gasteiger partial charge in [-0.2, -0.15) is 14.8 Å². The van der Waals surface area contributed by atoms with Gasteiger partial charge in [0.15, 0.2) is 0 Å². The van der Waals surface area contributed by atoms with Gasteiger partial charge in [0.1, 0.15) is 0 Å². The van der Waals surface area contributed by atoms with E-state index in [4.69, 9.17) is 11.3 Å². The average molecular weight is 370 g/mol. The maximum Gasteiger partial charge on any atom is 0.319 e. The van der Waals surface area contributed by atoms with Crippen molar-refractivity contribution >= 4 is 11.6 Å². The Morgan fingerprint density at radius 1 is 1.37 bits per heavy atom. The van der Waals surface area contributed by atoms with Crippen LogP contribution in [0.25, 0.3) is 4.85 Å². The molecule has 0 aromatic carbocycles. The molecule has 2 N–H and O–H groups in total. The third-order valence-electron chi connectivity index (χ3n) is 4.89. The van der Waals surface area contributed by atoms with E-state index in [0.29, 0.717) is 24.4 Å². The van der Waals surface area contributed by atoms with Gasteiger partial charge in [0.25, 0.3) is 0 Å². The number of nitrogens with zero attached hydrogens (tertiary/aromatic N) is 5. The number of anilines is 2. The lowest BCUT2D eigenvalue weighted by molar-refractivity contribution is 0.0909. The first-order valence-corrected chi connectivity index (χ1v) is 9.23. The molecule has 2 aromatic rings. The molecule has 1 aliphatic carbocycles. The second kappa shape index (κ2) is 7.92. The Balaban J connectivity index is 1.63. The van der Waals surface area contributed by atoms with Crippen LogP contribution in [-0.2, 0) is 5.66 Å². The molecule has 1 aliphatic rings. The van der Waals surface area contributed by atoms with E-state index in [1.807, 2.05) is 20.8 Å². The van der Waals surface area contributed by atoms with Crippen molar-refractivity contribution in [3.05, 3.63) is 35.6 Å². The zero-order valence-electron chi connectivity index (χ0n) is 16.0. The van der Waals surface area contributed by atoms with Crippen LogP contribution in [-0.4, -0.2) is 37.6 Å². The largest absolute Gasteiger partial charge is 0.477 e. The van der Waals surface area contributed by atoms with E-state index in [0.717, 1.165) is 37.1 Å². The first-order valence-electron chi connectivity index (χ1n) is 9.23. The number of aliphatic hydroxyl groups is 1. The molecule has 2 aromatic heterocycles. The lowest BCUT2D eigenvalue weighted by atomic mass is 9.88. The summed E-state index contributed by atoms with van der Waals surface area (Å²) >= 11 is 0. The summed E-state index contributed by atoms with van der Waals surface area (Å²) in [7, 11) is 0. The summed E-state index contributed by atoms with van der Waals surface area (Å²) < 4.78 is 7.47. The number of nitrogens with one attached hydrogen (secondary N) is 1. The van der Waals surface area contributed by atoms with Crippen molar-refractivity contribution in [2.75, 3.05) is 11.9 Å². The molecule has 0 saturated heterocycles. The zero-order valence-corrected chi connectivity index (χ0v) is 16.0. The van der Waals surface area contributed by atoms with E-state index >= 15 is 0 Å². The predicted octanol–water partition coefficient (Wildman–Crippen LogP) is 3.27. The van der Waals surface area contributed by atoms with Crippen molar-refractivity contribution in [3.63, 3.8) is 0 Å². The lowest BCUT2D eigenvalue weighted by Crippen LogP contribution is -2.22. The number of hydrogen-bond acceptors (Lipinski definition) is 6. The molecule has 0 unspecified atom stereocenters. The van der Waals surface area contributed by atoms with Gasteiger partial charge in [0, 0.05) is 26.1 Å². The maximum atomic E-state index is 9.59. The summed E-state index contributed by atoms with van der Waals surface area (Å²) in [5, 5.41) is 17.1. The molecule has 8 heteroatoms. The van der Waals surface area contributed by atoms with Crippen LogP contribution in [0.4, 0.5) is 11.6 Å². The zero-order chi connectivity index (χ0) is 19.4. The molecule has 0 aliphatic heterocycles. The summed E-state index contributed by atoms with van der Waals surface area (Å²) in [6.07, 6.45) is 6.92. The Kier molecular flexibility index (Phi) is 5.61. The molecule has 3 rings (SSSR count). The molecule has 0 amide bonds. The number of rotatable bonds is 6. The molecular formula is C19H26N6O2. The maximum absolute atomic E-state index is 9.59. The van der Waals surface area contributed by atoms with Gasteiger partial charge in [-0.25, -0.2) is 11.6 Å². The average Bonchev–Trinajstić information content (AvgIpc) is 3.03. The van der Waals surface area contributed by atoms with E-state index in [1.165, 1.54) is 0 Å². The number of aromatic nitrogens is 4. The monoisotopic (exact) mass is 370 g/mol. The SMILES string of the molecule is [C-]#[N+]C(C)(C)n1cc(Nc2nccc(OCC3CCC(O)CC3)n2)c(C)n1. The lowest BCUT2D eigenvalue weighted by Gasteiger charge is -2.25. The van der Waals surface area contributed by atoms with Crippen molar-refractivity contribution in [2.24, 2.45) is 5.92 Å². The van der Waals surface area contributed by atoms with Crippen LogP contribution in [0.15, 0.2) is 18.5 Å². The molecule has 0 bridgehead atoms. The molecule has 2 heterocycles. The molecule has 1 saturated carbocycles. The number of aliphatic hydroxyl groups excluding tert-OH is 1. The van der Waals surface area contributed by atoms with Crippen molar-refractivity contribution < 1.29 is 9.84 Å². The summed E-state index contributed by atoms with van der Waals surface area (Å²) in [5.74, 6) is 1.40. The van der Waals surface area contributed by atoms with Crippen molar-refractivity contribution in [1.82, 2.24) is 19.7 Å². The van der Waals surface area contributed by atoms with Gasteiger partial charge in [-0.05, 0) is 38.5 Å². The van der Waals surface area contributed by atoms with Crippen LogP contribution in [0.1, 0.15) is 45.2 Å².